The molecule has 1 unspecified atom stereocenters. The van der Waals surface area contributed by atoms with E-state index in [-0.39, 0.29) is 0 Å². The van der Waals surface area contributed by atoms with Crippen molar-refractivity contribution in [2.45, 2.75) is 0 Å². The molecule has 1 rings (SSSR count). The molecule has 0 saturated carbocycles. The molecule has 6 nitrogen and oxygen atoms in total. The van der Waals surface area contributed by atoms with Crippen LogP contribution in [0.15, 0.2) is 12.4 Å². The summed E-state index contributed by atoms with van der Waals surface area (Å²) in [6.07, 6.45) is 3.18. The average Bonchev–Trinajstić information content (AvgIpc) is 2.52. The van der Waals surface area contributed by atoms with Crippen LogP contribution in [-0.2, 0) is 18.3 Å². The second kappa shape index (κ2) is 5.08. The topological polar surface area (TPSA) is 73.2 Å². The maximum atomic E-state index is 10.9. The Morgan fingerprint density at radius 3 is 2.93 bits per heavy atom. The van der Waals surface area contributed by atoms with Gasteiger partial charge in [-0.2, -0.15) is 5.10 Å². The van der Waals surface area contributed by atoms with Gasteiger partial charge in [-0.1, -0.05) is 0 Å². The van der Waals surface area contributed by atoms with Gasteiger partial charge in [-0.25, -0.2) is 0 Å². The van der Waals surface area contributed by atoms with Gasteiger partial charge in [0.1, 0.15) is 0 Å². The summed E-state index contributed by atoms with van der Waals surface area (Å²) in [5, 5.41) is 6.80. The molecule has 1 aromatic heterocycles. The summed E-state index contributed by atoms with van der Waals surface area (Å²) >= 11 is -2.25. The van der Waals surface area contributed by atoms with Crippen molar-refractivity contribution in [2.24, 2.45) is 7.05 Å². The van der Waals surface area contributed by atoms with Crippen LogP contribution in [0.4, 0.5) is 5.69 Å². The predicted octanol–water partition coefficient (Wildman–Crippen LogP) is -0.760. The van der Waals surface area contributed by atoms with Crippen molar-refractivity contribution in [3.63, 3.8) is 0 Å². The van der Waals surface area contributed by atoms with Gasteiger partial charge in [0.2, 0.25) is 0 Å². The minimum atomic E-state index is -2.25. The van der Waals surface area contributed by atoms with E-state index in [0.29, 0.717) is 18.8 Å². The fourth-order valence-corrected chi connectivity index (χ4v) is 1.55. The number of hydrogen-bond donors (Lipinski definition) is 1. The number of nitrogens with zero attached hydrogens (tertiary/aromatic N) is 3. The van der Waals surface area contributed by atoms with Gasteiger partial charge in [0.05, 0.1) is 11.9 Å². The number of hydrogen-bond acceptors (Lipinski definition) is 4. The molecule has 1 aromatic rings. The number of aryl methyl sites for hydroxylation is 1. The van der Waals surface area contributed by atoms with Crippen LogP contribution in [0.2, 0.25) is 0 Å². The van der Waals surface area contributed by atoms with E-state index in [4.69, 9.17) is 0 Å². The van der Waals surface area contributed by atoms with Crippen LogP contribution < -0.4 is 9.62 Å². The van der Waals surface area contributed by atoms with Gasteiger partial charge in [0.15, 0.2) is 0 Å². The van der Waals surface area contributed by atoms with Crippen LogP contribution in [0.25, 0.3) is 0 Å². The van der Waals surface area contributed by atoms with E-state index >= 15 is 0 Å². The van der Waals surface area contributed by atoms with Crippen molar-refractivity contribution in [2.75, 3.05) is 24.4 Å². The molecule has 1 heterocycles. The van der Waals surface area contributed by atoms with Gasteiger partial charge in [-0.05, 0) is 7.05 Å². The van der Waals surface area contributed by atoms with Crippen molar-refractivity contribution in [1.82, 2.24) is 15.1 Å². The third-order valence-electron chi connectivity index (χ3n) is 1.72. The normalized spacial score (nSPS) is 12.8. The fraction of sp³-hybridized carbons (Fsp3) is 0.571. The summed E-state index contributed by atoms with van der Waals surface area (Å²) in [5.74, 6) is 0. The second-order valence-electron chi connectivity index (χ2n) is 2.79. The Bertz CT molecular complexity index is 314. The molecular weight excluding hydrogens is 204 g/mol. The minimum absolute atomic E-state index is 0.401. The third kappa shape index (κ3) is 2.79. The monoisotopic (exact) mass is 217 g/mol. The van der Waals surface area contributed by atoms with E-state index in [2.05, 4.69) is 10.4 Å². The quantitative estimate of drug-likeness (QED) is 0.658. The predicted molar refractivity (Wildman–Crippen MR) is 53.4 cm³/mol. The molecule has 80 valence electrons. The molecule has 1 atom stereocenters. The number of rotatable bonds is 5. The van der Waals surface area contributed by atoms with Gasteiger partial charge >= 0.3 is 0 Å². The van der Waals surface area contributed by atoms with E-state index in [9.17, 15) is 8.76 Å². The molecule has 0 saturated heterocycles. The van der Waals surface area contributed by atoms with Gasteiger partial charge < -0.3 is 9.87 Å². The first kappa shape index (κ1) is 11.2. The Balaban J connectivity index is 2.72. The molecule has 0 aliphatic carbocycles. The van der Waals surface area contributed by atoms with Gasteiger partial charge in [-0.3, -0.25) is 13.2 Å². The highest BCUT2D eigenvalue weighted by Crippen LogP contribution is 2.12. The van der Waals surface area contributed by atoms with Crippen LogP contribution in [0.1, 0.15) is 0 Å². The SMILES string of the molecule is CNCCN(c1cnn(C)c1)S(=O)[O-]. The second-order valence-corrected chi connectivity index (χ2v) is 3.67. The number of aromatic nitrogens is 2. The van der Waals surface area contributed by atoms with Crippen LogP contribution in [0.5, 0.6) is 0 Å². The minimum Gasteiger partial charge on any atom is -0.755 e. The summed E-state index contributed by atoms with van der Waals surface area (Å²) in [6, 6.07) is 0. The van der Waals surface area contributed by atoms with Gasteiger partial charge in [0.25, 0.3) is 0 Å². The van der Waals surface area contributed by atoms with E-state index in [1.807, 2.05) is 0 Å². The lowest BCUT2D eigenvalue weighted by atomic mass is 10.5. The van der Waals surface area contributed by atoms with E-state index in [1.54, 1.807) is 25.0 Å². The first-order valence-corrected chi connectivity index (χ1v) is 5.18. The van der Waals surface area contributed by atoms with Crippen LogP contribution in [0, 0.1) is 0 Å². The lowest BCUT2D eigenvalue weighted by Gasteiger charge is -2.24. The Morgan fingerprint density at radius 1 is 1.79 bits per heavy atom. The molecule has 0 fully saturated rings. The van der Waals surface area contributed by atoms with Crippen molar-refractivity contribution in [3.05, 3.63) is 12.4 Å². The summed E-state index contributed by atoms with van der Waals surface area (Å²) in [4.78, 5) is 0. The first-order valence-electron chi connectivity index (χ1n) is 4.15. The zero-order valence-electron chi connectivity index (χ0n) is 8.14. The molecule has 0 spiro atoms. The Kier molecular flexibility index (Phi) is 4.05. The van der Waals surface area contributed by atoms with E-state index in [0.717, 1.165) is 0 Å². The lowest BCUT2D eigenvalue weighted by molar-refractivity contribution is 0.531. The molecular formula is C7H13N4O2S-. The highest BCUT2D eigenvalue weighted by Gasteiger charge is 2.07. The van der Waals surface area contributed by atoms with Crippen LogP contribution in [0.3, 0.4) is 0 Å². The zero-order chi connectivity index (χ0) is 10.6. The standard InChI is InChI=1S/C7H14N4O2S/c1-8-3-4-11(14(12)13)7-5-9-10(2)6-7/h5-6,8H,3-4H2,1-2H3,(H,12,13)/p-1. The molecule has 0 aliphatic heterocycles. The van der Waals surface area contributed by atoms with Gasteiger partial charge in [-0.15, -0.1) is 0 Å². The van der Waals surface area contributed by atoms with Crippen LogP contribution in [-0.4, -0.2) is 38.7 Å². The zero-order valence-corrected chi connectivity index (χ0v) is 8.95. The number of nitrogens with one attached hydrogen (secondary N) is 1. The number of anilines is 1. The highest BCUT2D eigenvalue weighted by atomic mass is 32.2. The Morgan fingerprint density at radius 2 is 2.50 bits per heavy atom. The van der Waals surface area contributed by atoms with Crippen molar-refractivity contribution >= 4 is 17.0 Å². The fourth-order valence-electron chi connectivity index (χ4n) is 1.04. The summed E-state index contributed by atoms with van der Waals surface area (Å²) in [5.41, 5.74) is 0.580. The lowest BCUT2D eigenvalue weighted by Crippen LogP contribution is -2.32. The third-order valence-corrected chi connectivity index (χ3v) is 2.48. The summed E-state index contributed by atoms with van der Waals surface area (Å²) in [6.45, 7) is 1.00. The Hall–Kier alpha value is -0.920. The molecule has 7 heteroatoms. The van der Waals surface area contributed by atoms with Gasteiger partial charge in [0, 0.05) is 37.6 Å². The maximum absolute atomic E-state index is 10.9. The molecule has 0 aliphatic rings. The average molecular weight is 217 g/mol. The van der Waals surface area contributed by atoms with Crippen molar-refractivity contribution in [1.29, 1.82) is 0 Å². The molecule has 0 radical (unpaired) electrons. The molecule has 1 N–H and O–H groups in total. The Labute approximate surface area is 85.3 Å². The molecule has 0 amide bonds. The summed E-state index contributed by atoms with van der Waals surface area (Å²) in [7, 11) is 3.52. The maximum Gasteiger partial charge on any atom is 0.0862 e. The smallest absolute Gasteiger partial charge is 0.0862 e. The largest absolute Gasteiger partial charge is 0.755 e. The van der Waals surface area contributed by atoms with E-state index < -0.39 is 11.3 Å². The van der Waals surface area contributed by atoms with Crippen molar-refractivity contribution in [3.8, 4) is 0 Å². The highest BCUT2D eigenvalue weighted by molar-refractivity contribution is 7.80. The number of likely N-dealkylation sites (N-methyl/N-ethyl adjacent to an activating group) is 1. The van der Waals surface area contributed by atoms with E-state index in [1.165, 1.54) is 10.5 Å². The molecule has 0 bridgehead atoms. The molecule has 0 aromatic carbocycles. The molecule has 14 heavy (non-hydrogen) atoms. The summed E-state index contributed by atoms with van der Waals surface area (Å²) < 4.78 is 24.6. The van der Waals surface area contributed by atoms with Crippen molar-refractivity contribution < 1.29 is 8.76 Å². The van der Waals surface area contributed by atoms with Crippen LogP contribution >= 0.6 is 0 Å². The first-order chi connectivity index (χ1) is 6.65.